The lowest BCUT2D eigenvalue weighted by atomic mass is 9.98. The Balaban J connectivity index is 2.58. The highest BCUT2D eigenvalue weighted by Crippen LogP contribution is 2.24. The van der Waals surface area contributed by atoms with Gasteiger partial charge in [0.1, 0.15) is 0 Å². The summed E-state index contributed by atoms with van der Waals surface area (Å²) in [6.07, 6.45) is 5.45. The first kappa shape index (κ1) is 13.2. The number of nitrogens with zero attached hydrogens (tertiary/aromatic N) is 2. The Kier molecular flexibility index (Phi) is 6.08. The van der Waals surface area contributed by atoms with Crippen LogP contribution in [0.15, 0.2) is 4.52 Å². The zero-order chi connectivity index (χ0) is 11.8. The zero-order valence-corrected chi connectivity index (χ0v) is 10.6. The van der Waals surface area contributed by atoms with Gasteiger partial charge < -0.3 is 9.84 Å². The lowest BCUT2D eigenvalue weighted by Crippen LogP contribution is -2.11. The van der Waals surface area contributed by atoms with Gasteiger partial charge in [0.15, 0.2) is 5.82 Å². The first-order valence-corrected chi connectivity index (χ1v) is 6.28. The number of hydrogen-bond donors (Lipinski definition) is 1. The number of aromatic nitrogens is 2. The van der Waals surface area contributed by atoms with Crippen molar-refractivity contribution in [2.75, 3.05) is 13.6 Å². The Hall–Kier alpha value is -0.900. The van der Waals surface area contributed by atoms with E-state index in [9.17, 15) is 0 Å². The first-order chi connectivity index (χ1) is 7.81. The Morgan fingerprint density at radius 2 is 1.94 bits per heavy atom. The van der Waals surface area contributed by atoms with Gasteiger partial charge in [-0.3, -0.25) is 0 Å². The molecule has 0 unspecified atom stereocenters. The third kappa shape index (κ3) is 3.93. The van der Waals surface area contributed by atoms with E-state index in [4.69, 9.17) is 4.52 Å². The minimum Gasteiger partial charge on any atom is -0.339 e. The molecule has 92 valence electrons. The van der Waals surface area contributed by atoms with E-state index >= 15 is 0 Å². The van der Waals surface area contributed by atoms with Crippen LogP contribution in [0, 0.1) is 0 Å². The number of nitrogens with one attached hydrogen (secondary N) is 1. The second-order valence-corrected chi connectivity index (χ2v) is 4.18. The van der Waals surface area contributed by atoms with Crippen LogP contribution in [0.3, 0.4) is 0 Å². The summed E-state index contributed by atoms with van der Waals surface area (Å²) in [5.74, 6) is 2.10. The van der Waals surface area contributed by atoms with Gasteiger partial charge in [-0.25, -0.2) is 0 Å². The average Bonchev–Trinajstić information content (AvgIpc) is 2.74. The van der Waals surface area contributed by atoms with E-state index < -0.39 is 0 Å². The van der Waals surface area contributed by atoms with Crippen LogP contribution in [0.4, 0.5) is 0 Å². The fourth-order valence-corrected chi connectivity index (χ4v) is 1.86. The molecule has 1 aromatic heterocycles. The summed E-state index contributed by atoms with van der Waals surface area (Å²) < 4.78 is 5.34. The van der Waals surface area contributed by atoms with Gasteiger partial charge in [-0.1, -0.05) is 31.8 Å². The van der Waals surface area contributed by atoms with Crippen LogP contribution < -0.4 is 5.32 Å². The normalized spacial score (nSPS) is 11.2. The summed E-state index contributed by atoms with van der Waals surface area (Å²) in [6.45, 7) is 5.28. The van der Waals surface area contributed by atoms with Crippen molar-refractivity contribution >= 4 is 0 Å². The van der Waals surface area contributed by atoms with Crippen LogP contribution in [-0.2, 0) is 6.42 Å². The Morgan fingerprint density at radius 1 is 1.25 bits per heavy atom. The predicted octanol–water partition coefficient (Wildman–Crippen LogP) is 2.52. The van der Waals surface area contributed by atoms with Gasteiger partial charge in [0.2, 0.25) is 5.89 Å². The molecule has 0 aliphatic carbocycles. The quantitative estimate of drug-likeness (QED) is 0.738. The highest BCUT2D eigenvalue weighted by molar-refractivity contribution is 4.94. The molecule has 1 N–H and O–H groups in total. The lowest BCUT2D eigenvalue weighted by Gasteiger charge is -2.08. The SMILES string of the molecule is CCCC(CCC)c1nc(CCNC)no1. The van der Waals surface area contributed by atoms with Crippen molar-refractivity contribution in [2.24, 2.45) is 0 Å². The monoisotopic (exact) mass is 225 g/mol. The summed E-state index contributed by atoms with van der Waals surface area (Å²) >= 11 is 0. The molecule has 1 aromatic rings. The van der Waals surface area contributed by atoms with Crippen molar-refractivity contribution in [1.29, 1.82) is 0 Å². The first-order valence-electron chi connectivity index (χ1n) is 6.28. The lowest BCUT2D eigenvalue weighted by molar-refractivity contribution is 0.333. The fraction of sp³-hybridized carbons (Fsp3) is 0.833. The minimum atomic E-state index is 0.450. The number of rotatable bonds is 8. The molecule has 0 aliphatic heterocycles. The highest BCUT2D eigenvalue weighted by atomic mass is 16.5. The molecular formula is C12H23N3O. The molecule has 0 fully saturated rings. The molecular weight excluding hydrogens is 202 g/mol. The van der Waals surface area contributed by atoms with E-state index in [1.807, 2.05) is 7.05 Å². The summed E-state index contributed by atoms with van der Waals surface area (Å²) in [5.41, 5.74) is 0. The zero-order valence-electron chi connectivity index (χ0n) is 10.6. The van der Waals surface area contributed by atoms with Gasteiger partial charge in [0, 0.05) is 18.9 Å². The molecule has 16 heavy (non-hydrogen) atoms. The molecule has 0 aromatic carbocycles. The van der Waals surface area contributed by atoms with E-state index in [0.29, 0.717) is 5.92 Å². The van der Waals surface area contributed by atoms with Crippen molar-refractivity contribution in [1.82, 2.24) is 15.5 Å². The fourth-order valence-electron chi connectivity index (χ4n) is 1.86. The van der Waals surface area contributed by atoms with Gasteiger partial charge >= 0.3 is 0 Å². The molecule has 0 amide bonds. The molecule has 0 saturated heterocycles. The average molecular weight is 225 g/mol. The molecule has 0 atom stereocenters. The van der Waals surface area contributed by atoms with Crippen LogP contribution in [-0.4, -0.2) is 23.7 Å². The molecule has 0 saturated carbocycles. The number of likely N-dealkylation sites (N-methyl/N-ethyl adjacent to an activating group) is 1. The van der Waals surface area contributed by atoms with Crippen LogP contribution in [0.1, 0.15) is 57.2 Å². The third-order valence-corrected chi connectivity index (χ3v) is 2.71. The summed E-state index contributed by atoms with van der Waals surface area (Å²) in [7, 11) is 1.93. The molecule has 4 heteroatoms. The largest absolute Gasteiger partial charge is 0.339 e. The summed E-state index contributed by atoms with van der Waals surface area (Å²) in [4.78, 5) is 4.47. The van der Waals surface area contributed by atoms with Crippen molar-refractivity contribution in [3.63, 3.8) is 0 Å². The Morgan fingerprint density at radius 3 is 2.50 bits per heavy atom. The molecule has 0 spiro atoms. The van der Waals surface area contributed by atoms with E-state index in [1.165, 1.54) is 12.8 Å². The molecule has 0 bridgehead atoms. The van der Waals surface area contributed by atoms with Crippen LogP contribution in [0.5, 0.6) is 0 Å². The third-order valence-electron chi connectivity index (χ3n) is 2.71. The Bertz CT molecular complexity index is 280. The highest BCUT2D eigenvalue weighted by Gasteiger charge is 2.17. The maximum Gasteiger partial charge on any atom is 0.229 e. The van der Waals surface area contributed by atoms with Crippen molar-refractivity contribution < 1.29 is 4.52 Å². The van der Waals surface area contributed by atoms with Gasteiger partial charge in [0.05, 0.1) is 0 Å². The van der Waals surface area contributed by atoms with Crippen LogP contribution >= 0.6 is 0 Å². The van der Waals surface area contributed by atoms with Crippen LogP contribution in [0.2, 0.25) is 0 Å². The second kappa shape index (κ2) is 7.39. The van der Waals surface area contributed by atoms with Crippen LogP contribution in [0.25, 0.3) is 0 Å². The van der Waals surface area contributed by atoms with Gasteiger partial charge in [-0.05, 0) is 19.9 Å². The molecule has 0 aliphatic rings. The predicted molar refractivity (Wildman–Crippen MR) is 64.5 cm³/mol. The second-order valence-electron chi connectivity index (χ2n) is 4.18. The van der Waals surface area contributed by atoms with Gasteiger partial charge in [-0.15, -0.1) is 0 Å². The molecule has 1 rings (SSSR count). The number of hydrogen-bond acceptors (Lipinski definition) is 4. The molecule has 4 nitrogen and oxygen atoms in total. The van der Waals surface area contributed by atoms with Gasteiger partial charge in [0.25, 0.3) is 0 Å². The van der Waals surface area contributed by atoms with E-state index in [2.05, 4.69) is 29.3 Å². The van der Waals surface area contributed by atoms with E-state index in [1.54, 1.807) is 0 Å². The van der Waals surface area contributed by atoms with E-state index in [0.717, 1.165) is 37.5 Å². The molecule has 1 heterocycles. The Labute approximate surface area is 97.8 Å². The summed E-state index contributed by atoms with van der Waals surface area (Å²) in [6, 6.07) is 0. The minimum absolute atomic E-state index is 0.450. The van der Waals surface area contributed by atoms with Crippen molar-refractivity contribution in [2.45, 2.75) is 51.9 Å². The summed E-state index contributed by atoms with van der Waals surface area (Å²) in [5, 5.41) is 7.10. The maximum absolute atomic E-state index is 5.34. The van der Waals surface area contributed by atoms with Crippen molar-refractivity contribution in [3.05, 3.63) is 11.7 Å². The topological polar surface area (TPSA) is 51.0 Å². The van der Waals surface area contributed by atoms with Gasteiger partial charge in [-0.2, -0.15) is 4.98 Å². The van der Waals surface area contributed by atoms with Crippen molar-refractivity contribution in [3.8, 4) is 0 Å². The van der Waals surface area contributed by atoms with E-state index in [-0.39, 0.29) is 0 Å². The maximum atomic E-state index is 5.34. The molecule has 0 radical (unpaired) electrons. The standard InChI is InChI=1S/C12H23N3O/c1-4-6-10(7-5-2)12-14-11(15-16-12)8-9-13-3/h10,13H,4-9H2,1-3H3. The smallest absolute Gasteiger partial charge is 0.229 e.